The lowest BCUT2D eigenvalue weighted by Gasteiger charge is -2.39. The minimum atomic E-state index is -1.94. The topological polar surface area (TPSA) is 110 Å². The van der Waals surface area contributed by atoms with E-state index in [1.807, 2.05) is 0 Å². The summed E-state index contributed by atoms with van der Waals surface area (Å²) in [6, 6.07) is 0. The Hall–Kier alpha value is 0.230. The summed E-state index contributed by atoms with van der Waals surface area (Å²) in [5, 5.41) is 26.6. The molecule has 0 spiro atoms. The molecule has 0 fully saturated rings. The number of ether oxygens (including phenoxy) is 2. The molecule has 2 N–H and O–H groups in total. The fourth-order valence-electron chi connectivity index (χ4n) is 8.35. The summed E-state index contributed by atoms with van der Waals surface area (Å²) in [6.45, 7) is 25.6. The fraction of sp³-hybridized carbons (Fsp3) is 0.500. The van der Waals surface area contributed by atoms with Crippen molar-refractivity contribution in [2.24, 2.45) is 0 Å². The lowest BCUT2D eigenvalue weighted by Crippen LogP contribution is -2.35. The average Bonchev–Trinajstić information content (AvgIpc) is 3.92. The van der Waals surface area contributed by atoms with Gasteiger partial charge in [-0.15, -0.1) is 141 Å². The molecule has 326 valence electrons. The van der Waals surface area contributed by atoms with Crippen molar-refractivity contribution in [2.45, 2.75) is 172 Å². The molecule has 9 rings (SSSR count). The van der Waals surface area contributed by atoms with E-state index in [1.54, 1.807) is 141 Å². The predicted molar refractivity (Wildman–Crippen MR) is 266 cm³/mol. The van der Waals surface area contributed by atoms with Gasteiger partial charge in [0.2, 0.25) is 0 Å². The monoisotopic (exact) mass is 1040 g/mol. The number of hydrogen-bond acceptors (Lipinski definition) is 18. The summed E-state index contributed by atoms with van der Waals surface area (Å²) in [5.41, 5.74) is 1.47. The largest absolute Gasteiger partial charge is 0.478 e. The molecule has 0 saturated carbocycles. The number of esters is 2. The highest BCUT2D eigenvalue weighted by molar-refractivity contribution is 8.23. The fourth-order valence-corrected chi connectivity index (χ4v) is 26.3. The number of carboxylic acid groups (broad SMARTS) is 1. The summed E-state index contributed by atoms with van der Waals surface area (Å²) in [4.78, 5) is 51.1. The van der Waals surface area contributed by atoms with Crippen LogP contribution in [0.5, 0.6) is 0 Å². The number of thioether (sulfide) groups is 12. The van der Waals surface area contributed by atoms with Gasteiger partial charge in [-0.3, -0.25) is 0 Å². The SMILES string of the molecule is COC(=O)c1c2c(c(C(O)(c3c4c(c(C(=O)O)c5c3SC(C)(C)S5)SC(C)(C)S4)c3c4c(c(C(=O)OC)c5c3SC(C)(C)S5)SC(C)(C)S4)c3c1SC(C)(C)S3)SC(C)(C)S2. The molecule has 0 unspecified atom stereocenters. The zero-order chi connectivity index (χ0) is 44.5. The summed E-state index contributed by atoms with van der Waals surface area (Å²) < 4.78 is 8.52. The molecular weight excluding hydrogens is 1000 g/mol. The van der Waals surface area contributed by atoms with Gasteiger partial charge >= 0.3 is 17.9 Å². The van der Waals surface area contributed by atoms with Gasteiger partial charge in [0.25, 0.3) is 0 Å². The van der Waals surface area contributed by atoms with Crippen molar-refractivity contribution in [3.05, 3.63) is 33.4 Å². The number of aliphatic hydroxyl groups is 1. The Morgan fingerprint density at radius 1 is 0.377 bits per heavy atom. The highest BCUT2D eigenvalue weighted by Crippen LogP contribution is 2.75. The molecule has 0 bridgehead atoms. The molecule has 0 aromatic heterocycles. The van der Waals surface area contributed by atoms with Gasteiger partial charge in [-0.1, -0.05) is 0 Å². The molecule has 6 aliphatic heterocycles. The first-order chi connectivity index (χ1) is 28.0. The first-order valence-corrected chi connectivity index (χ1v) is 29.0. The van der Waals surface area contributed by atoms with Gasteiger partial charge in [0.1, 0.15) is 5.60 Å². The van der Waals surface area contributed by atoms with E-state index in [0.717, 1.165) is 49.0 Å². The first-order valence-electron chi connectivity index (χ1n) is 19.2. The molecule has 0 amide bonds. The molecule has 19 heteroatoms. The molecule has 7 nitrogen and oxygen atoms in total. The van der Waals surface area contributed by atoms with Gasteiger partial charge in [-0.25, -0.2) is 14.4 Å². The van der Waals surface area contributed by atoms with Crippen LogP contribution < -0.4 is 0 Å². The number of aromatic carboxylic acids is 1. The summed E-state index contributed by atoms with van der Waals surface area (Å²) in [5.74, 6) is -1.82. The van der Waals surface area contributed by atoms with Gasteiger partial charge in [-0.05, 0) is 83.1 Å². The highest BCUT2D eigenvalue weighted by atomic mass is 32.2. The van der Waals surface area contributed by atoms with E-state index in [1.165, 1.54) is 14.2 Å². The van der Waals surface area contributed by atoms with Crippen LogP contribution >= 0.6 is 141 Å². The van der Waals surface area contributed by atoms with Gasteiger partial charge in [0.15, 0.2) is 0 Å². The van der Waals surface area contributed by atoms with Crippen molar-refractivity contribution in [3.63, 3.8) is 0 Å². The van der Waals surface area contributed by atoms with Crippen molar-refractivity contribution < 1.29 is 34.1 Å². The smallest absolute Gasteiger partial charge is 0.340 e. The van der Waals surface area contributed by atoms with E-state index in [0.29, 0.717) is 37.6 Å². The Bertz CT molecular complexity index is 2330. The Kier molecular flexibility index (Phi) is 11.3. The molecule has 3 aromatic rings. The van der Waals surface area contributed by atoms with E-state index >= 15 is 5.11 Å². The zero-order valence-corrected chi connectivity index (χ0v) is 45.6. The van der Waals surface area contributed by atoms with Crippen LogP contribution in [0.4, 0.5) is 0 Å². The lowest BCUT2D eigenvalue weighted by molar-refractivity contribution is 0.0582. The molecule has 61 heavy (non-hydrogen) atoms. The molecule has 0 saturated heterocycles. The summed E-state index contributed by atoms with van der Waals surface area (Å²) in [7, 11) is 2.85. The van der Waals surface area contributed by atoms with Crippen LogP contribution in [-0.4, -0.2) is 66.8 Å². The van der Waals surface area contributed by atoms with Crippen LogP contribution in [0, 0.1) is 0 Å². The van der Waals surface area contributed by atoms with E-state index in [4.69, 9.17) is 9.47 Å². The van der Waals surface area contributed by atoms with Crippen LogP contribution in [-0.2, 0) is 15.1 Å². The van der Waals surface area contributed by atoms with Crippen LogP contribution in [0.2, 0.25) is 0 Å². The van der Waals surface area contributed by atoms with Gasteiger partial charge in [0.05, 0.1) is 55.4 Å². The van der Waals surface area contributed by atoms with Crippen molar-refractivity contribution in [1.82, 2.24) is 0 Å². The Labute approximate surface area is 408 Å². The molecule has 6 heterocycles. The second-order valence-electron chi connectivity index (χ2n) is 17.8. The van der Waals surface area contributed by atoms with E-state index in [9.17, 15) is 19.5 Å². The highest BCUT2D eigenvalue weighted by Gasteiger charge is 2.59. The van der Waals surface area contributed by atoms with E-state index in [-0.39, 0.29) is 5.56 Å². The standard InChI is InChI=1S/C42H44O7S12/c1-36(2)50-21-15(33(43)44)22-28(57-37(3,4)51-22)18(27(21)56-36)42(47,19-29-23(52-38(5,6)58-29)16(34(45)48-13)24-30(19)59-39(7,8)53-24)20-31-25(54-40(9,10)60-31)17(35(46)49-14)26-32(20)61-41(11,12)55-26/h47H,1-14H3,(H,43,44). The van der Waals surface area contributed by atoms with Crippen molar-refractivity contribution in [3.8, 4) is 0 Å². The Morgan fingerprint density at radius 3 is 0.738 bits per heavy atom. The Morgan fingerprint density at radius 2 is 0.557 bits per heavy atom. The maximum atomic E-state index is 15.5. The quantitative estimate of drug-likeness (QED) is 0.180. The second-order valence-corrected chi connectivity index (χ2v) is 39.0. The molecule has 0 aliphatic carbocycles. The van der Waals surface area contributed by atoms with Gasteiger partial charge in [0, 0.05) is 75.4 Å². The second kappa shape index (κ2) is 14.9. The summed E-state index contributed by atoms with van der Waals surface area (Å²) in [6.07, 6.45) is 0. The number of fused-ring (bicyclic) bond motifs is 6. The van der Waals surface area contributed by atoms with Crippen LogP contribution in [0.25, 0.3) is 0 Å². The molecular formula is C42H44O7S12. The molecule has 0 atom stereocenters. The van der Waals surface area contributed by atoms with Gasteiger partial charge < -0.3 is 19.7 Å². The van der Waals surface area contributed by atoms with Crippen molar-refractivity contribution >= 4 is 159 Å². The first kappa shape index (κ1) is 46.3. The van der Waals surface area contributed by atoms with Crippen LogP contribution in [0.3, 0.4) is 0 Å². The summed E-state index contributed by atoms with van der Waals surface area (Å²) >= 11 is 19.4. The van der Waals surface area contributed by atoms with Crippen LogP contribution in [0.15, 0.2) is 58.7 Å². The lowest BCUT2D eigenvalue weighted by atomic mass is 9.78. The van der Waals surface area contributed by atoms with E-state index < -0.39 is 48.0 Å². The maximum absolute atomic E-state index is 15.5. The van der Waals surface area contributed by atoms with Crippen molar-refractivity contribution in [1.29, 1.82) is 0 Å². The zero-order valence-electron chi connectivity index (χ0n) is 35.8. The Balaban J connectivity index is 1.56. The third kappa shape index (κ3) is 7.39. The minimum absolute atomic E-state index is 0.282. The third-order valence-electron chi connectivity index (χ3n) is 10.2. The molecule has 0 radical (unpaired) electrons. The average molecular weight is 1050 g/mol. The third-order valence-corrected chi connectivity index (χ3v) is 27.2. The minimum Gasteiger partial charge on any atom is -0.478 e. The number of carboxylic acids is 1. The maximum Gasteiger partial charge on any atom is 0.340 e. The van der Waals surface area contributed by atoms with E-state index in [2.05, 4.69) is 83.1 Å². The van der Waals surface area contributed by atoms with Crippen molar-refractivity contribution in [2.75, 3.05) is 14.2 Å². The van der Waals surface area contributed by atoms with Crippen LogP contribution in [0.1, 0.15) is 131 Å². The van der Waals surface area contributed by atoms with Gasteiger partial charge in [-0.2, -0.15) is 0 Å². The number of carbonyl (C=O) groups excluding carboxylic acids is 2. The number of hydrogen-bond donors (Lipinski definition) is 2. The normalized spacial score (nSPS) is 22.3. The number of rotatable bonds is 6. The number of methoxy groups -OCH3 is 2. The number of carbonyl (C=O) groups is 3. The predicted octanol–water partition coefficient (Wildman–Crippen LogP) is 14.8. The number of benzene rings is 3. The molecule has 3 aromatic carbocycles. The molecule has 6 aliphatic rings.